The summed E-state index contributed by atoms with van der Waals surface area (Å²) < 4.78 is 63.6. The van der Waals surface area contributed by atoms with E-state index in [4.69, 9.17) is 5.11 Å². The van der Waals surface area contributed by atoms with Gasteiger partial charge in [0.2, 0.25) is 10.0 Å². The third-order valence-corrected chi connectivity index (χ3v) is 4.99. The molecule has 0 heterocycles. The third-order valence-electron chi connectivity index (χ3n) is 2.46. The van der Waals surface area contributed by atoms with Crippen molar-refractivity contribution in [2.75, 3.05) is 24.7 Å². The van der Waals surface area contributed by atoms with E-state index in [1.54, 1.807) is 0 Å². The second-order valence-corrected chi connectivity index (χ2v) is 7.10. The number of aliphatic hydroxyl groups is 1. The average Bonchev–Trinajstić information content (AvgIpc) is 2.42. The van der Waals surface area contributed by atoms with E-state index in [1.807, 2.05) is 0 Å². The standard InChI is InChI=1S/C12H16F3NO3S2/c13-12(14,15)10-3-1-4-11(9-10)21(18,19)16-5-8-20-7-2-6-17/h1,3-4,9,16-17H,2,5-8H2. The van der Waals surface area contributed by atoms with Crippen LogP contribution < -0.4 is 4.72 Å². The van der Waals surface area contributed by atoms with Crippen molar-refractivity contribution in [1.29, 1.82) is 0 Å². The molecular formula is C12H16F3NO3S2. The Balaban J connectivity index is 2.62. The number of benzene rings is 1. The second-order valence-electron chi connectivity index (χ2n) is 4.11. The highest BCUT2D eigenvalue weighted by molar-refractivity contribution is 7.99. The van der Waals surface area contributed by atoms with Gasteiger partial charge in [-0.3, -0.25) is 0 Å². The Morgan fingerprint density at radius 3 is 2.57 bits per heavy atom. The number of rotatable bonds is 8. The molecule has 0 fully saturated rings. The molecule has 1 aromatic rings. The molecule has 0 unspecified atom stereocenters. The molecule has 0 spiro atoms. The zero-order valence-corrected chi connectivity index (χ0v) is 12.7. The number of sulfonamides is 1. The maximum absolute atomic E-state index is 12.5. The Kier molecular flexibility index (Phi) is 6.98. The van der Waals surface area contributed by atoms with Gasteiger partial charge in [-0.25, -0.2) is 13.1 Å². The molecule has 4 nitrogen and oxygen atoms in total. The number of hydrogen-bond donors (Lipinski definition) is 2. The molecule has 120 valence electrons. The summed E-state index contributed by atoms with van der Waals surface area (Å²) in [4.78, 5) is -0.405. The predicted octanol–water partition coefficient (Wildman–Crippen LogP) is 2.10. The van der Waals surface area contributed by atoms with Crippen LogP contribution in [0.5, 0.6) is 0 Å². The fraction of sp³-hybridized carbons (Fsp3) is 0.500. The normalized spacial score (nSPS) is 12.6. The number of hydrogen-bond acceptors (Lipinski definition) is 4. The largest absolute Gasteiger partial charge is 0.416 e. The van der Waals surface area contributed by atoms with Crippen LogP contribution in [0.1, 0.15) is 12.0 Å². The van der Waals surface area contributed by atoms with Crippen molar-refractivity contribution in [3.05, 3.63) is 29.8 Å². The van der Waals surface area contributed by atoms with Crippen LogP contribution in [0, 0.1) is 0 Å². The van der Waals surface area contributed by atoms with Gasteiger partial charge < -0.3 is 5.11 Å². The molecule has 0 aliphatic carbocycles. The summed E-state index contributed by atoms with van der Waals surface area (Å²) in [6, 6.07) is 3.62. The van der Waals surface area contributed by atoms with Gasteiger partial charge in [-0.05, 0) is 30.4 Å². The van der Waals surface area contributed by atoms with E-state index in [0.29, 0.717) is 24.0 Å². The maximum Gasteiger partial charge on any atom is 0.416 e. The lowest BCUT2D eigenvalue weighted by atomic mass is 10.2. The summed E-state index contributed by atoms with van der Waals surface area (Å²) in [5.41, 5.74) is -0.998. The highest BCUT2D eigenvalue weighted by atomic mass is 32.2. The molecular weight excluding hydrogens is 327 g/mol. The second kappa shape index (κ2) is 8.02. The fourth-order valence-corrected chi connectivity index (χ4v) is 3.43. The zero-order chi connectivity index (χ0) is 15.9. The van der Waals surface area contributed by atoms with Gasteiger partial charge in [0.25, 0.3) is 0 Å². The van der Waals surface area contributed by atoms with Gasteiger partial charge in [-0.1, -0.05) is 6.07 Å². The summed E-state index contributed by atoms with van der Waals surface area (Å²) in [5.74, 6) is 1.18. The molecule has 0 radical (unpaired) electrons. The molecule has 0 saturated carbocycles. The van der Waals surface area contributed by atoms with E-state index in [-0.39, 0.29) is 13.2 Å². The quantitative estimate of drug-likeness (QED) is 0.710. The molecule has 21 heavy (non-hydrogen) atoms. The van der Waals surface area contributed by atoms with Crippen molar-refractivity contribution >= 4 is 21.8 Å². The smallest absolute Gasteiger partial charge is 0.396 e. The molecule has 0 bridgehead atoms. The van der Waals surface area contributed by atoms with Crippen molar-refractivity contribution in [3.8, 4) is 0 Å². The van der Waals surface area contributed by atoms with E-state index in [1.165, 1.54) is 11.8 Å². The van der Waals surface area contributed by atoms with E-state index in [0.717, 1.165) is 18.2 Å². The van der Waals surface area contributed by atoms with Crippen LogP contribution in [0.15, 0.2) is 29.2 Å². The third kappa shape index (κ3) is 6.25. The monoisotopic (exact) mass is 343 g/mol. The summed E-state index contributed by atoms with van der Waals surface area (Å²) >= 11 is 1.45. The Bertz CT molecular complexity index is 547. The molecule has 0 aliphatic rings. The van der Waals surface area contributed by atoms with Crippen LogP contribution in [-0.2, 0) is 16.2 Å². The van der Waals surface area contributed by atoms with Gasteiger partial charge in [-0.2, -0.15) is 24.9 Å². The molecule has 0 saturated heterocycles. The first-order valence-corrected chi connectivity index (χ1v) is 8.76. The van der Waals surface area contributed by atoms with Gasteiger partial charge in [0.15, 0.2) is 0 Å². The SMILES string of the molecule is O=S(=O)(NCCSCCCO)c1cccc(C(F)(F)F)c1. The molecule has 9 heteroatoms. The Labute approximate surface area is 125 Å². The molecule has 0 aromatic heterocycles. The molecule has 0 atom stereocenters. The minimum absolute atomic E-state index is 0.0724. The first-order valence-electron chi connectivity index (χ1n) is 6.13. The first-order chi connectivity index (χ1) is 9.77. The van der Waals surface area contributed by atoms with Crippen LogP contribution in [0.25, 0.3) is 0 Å². The molecule has 0 aliphatic heterocycles. The van der Waals surface area contributed by atoms with Crippen molar-refractivity contribution < 1.29 is 26.7 Å². The lowest BCUT2D eigenvalue weighted by molar-refractivity contribution is -0.137. The Hall–Kier alpha value is -0.770. The van der Waals surface area contributed by atoms with Gasteiger partial charge in [0.1, 0.15) is 0 Å². The first kappa shape index (κ1) is 18.3. The summed E-state index contributed by atoms with van der Waals surface area (Å²) in [5, 5.41) is 8.58. The Morgan fingerprint density at radius 1 is 1.24 bits per heavy atom. The van der Waals surface area contributed by atoms with Gasteiger partial charge >= 0.3 is 6.18 Å². The van der Waals surface area contributed by atoms with Gasteiger partial charge in [0, 0.05) is 18.9 Å². The summed E-state index contributed by atoms with van der Waals surface area (Å²) in [6.45, 7) is 0.192. The molecule has 2 N–H and O–H groups in total. The lowest BCUT2D eigenvalue weighted by Gasteiger charge is -2.10. The predicted molar refractivity (Wildman–Crippen MR) is 75.7 cm³/mol. The Morgan fingerprint density at radius 2 is 1.95 bits per heavy atom. The minimum Gasteiger partial charge on any atom is -0.396 e. The van der Waals surface area contributed by atoms with Crippen molar-refractivity contribution in [3.63, 3.8) is 0 Å². The van der Waals surface area contributed by atoms with E-state index >= 15 is 0 Å². The summed E-state index contributed by atoms with van der Waals surface area (Å²) in [7, 11) is -3.95. The van der Waals surface area contributed by atoms with Crippen LogP contribution in [0.3, 0.4) is 0 Å². The molecule has 1 rings (SSSR count). The van der Waals surface area contributed by atoms with Crippen LogP contribution >= 0.6 is 11.8 Å². The zero-order valence-electron chi connectivity index (χ0n) is 11.1. The molecule has 0 amide bonds. The summed E-state index contributed by atoms with van der Waals surface area (Å²) in [6.07, 6.45) is -3.96. The van der Waals surface area contributed by atoms with Crippen LogP contribution in [0.4, 0.5) is 13.2 Å². The molecule has 1 aromatic carbocycles. The number of halogens is 3. The van der Waals surface area contributed by atoms with Gasteiger partial charge in [-0.15, -0.1) is 0 Å². The van der Waals surface area contributed by atoms with E-state index < -0.39 is 26.7 Å². The van der Waals surface area contributed by atoms with E-state index in [9.17, 15) is 21.6 Å². The highest BCUT2D eigenvalue weighted by Crippen LogP contribution is 2.30. The maximum atomic E-state index is 12.5. The number of alkyl halides is 3. The van der Waals surface area contributed by atoms with Gasteiger partial charge in [0.05, 0.1) is 10.5 Å². The topological polar surface area (TPSA) is 66.4 Å². The number of aliphatic hydroxyl groups excluding tert-OH is 1. The number of thioether (sulfide) groups is 1. The van der Waals surface area contributed by atoms with E-state index in [2.05, 4.69) is 4.72 Å². The van der Waals surface area contributed by atoms with Crippen molar-refractivity contribution in [2.24, 2.45) is 0 Å². The van der Waals surface area contributed by atoms with Crippen molar-refractivity contribution in [2.45, 2.75) is 17.5 Å². The van der Waals surface area contributed by atoms with Crippen LogP contribution in [0.2, 0.25) is 0 Å². The fourth-order valence-electron chi connectivity index (χ4n) is 1.44. The highest BCUT2D eigenvalue weighted by Gasteiger charge is 2.31. The number of nitrogens with one attached hydrogen (secondary N) is 1. The average molecular weight is 343 g/mol. The van der Waals surface area contributed by atoms with Crippen LogP contribution in [-0.4, -0.2) is 38.2 Å². The van der Waals surface area contributed by atoms with Crippen molar-refractivity contribution in [1.82, 2.24) is 4.72 Å². The minimum atomic E-state index is -4.58. The lowest BCUT2D eigenvalue weighted by Crippen LogP contribution is -2.26.